The zero-order chi connectivity index (χ0) is 15.5. The number of nitrogens with two attached hydrogens (primary N) is 1. The third-order valence-electron chi connectivity index (χ3n) is 3.29. The van der Waals surface area contributed by atoms with Gasteiger partial charge in [-0.05, 0) is 19.1 Å². The van der Waals surface area contributed by atoms with Crippen LogP contribution >= 0.6 is 11.3 Å². The number of thiophene rings is 1. The van der Waals surface area contributed by atoms with Crippen molar-refractivity contribution in [1.82, 2.24) is 4.90 Å². The van der Waals surface area contributed by atoms with Crippen molar-refractivity contribution in [3.63, 3.8) is 0 Å². The number of guanidine groups is 1. The van der Waals surface area contributed by atoms with Crippen LogP contribution in [0.5, 0.6) is 0 Å². The van der Waals surface area contributed by atoms with Gasteiger partial charge < -0.3 is 15.4 Å². The molecule has 1 aliphatic heterocycles. The number of rotatable bonds is 4. The molecule has 1 atom stereocenters. The Morgan fingerprint density at radius 2 is 2.33 bits per heavy atom. The van der Waals surface area contributed by atoms with Crippen LogP contribution in [-0.2, 0) is 21.1 Å². The summed E-state index contributed by atoms with van der Waals surface area (Å²) in [6.07, 6.45) is 0.149. The zero-order valence-corrected chi connectivity index (χ0v) is 13.9. The van der Waals surface area contributed by atoms with Crippen LogP contribution in [0, 0.1) is 0 Å². The molecule has 118 valence electrons. The van der Waals surface area contributed by atoms with Gasteiger partial charge in [0.15, 0.2) is 15.8 Å². The monoisotopic (exact) mass is 331 g/mol. The standard InChI is InChI=1S/C13H21N3O3S2/c1-3-21(17,18)12-5-4-11(20-12)8-15-13(14)16-6-7-19-10(2)9-16/h4-5,10H,3,6-9H2,1-2H3,(H2,14,15). The van der Waals surface area contributed by atoms with Gasteiger partial charge in [0, 0.05) is 18.0 Å². The fourth-order valence-electron chi connectivity index (χ4n) is 2.04. The first-order valence-corrected chi connectivity index (χ1v) is 9.37. The second-order valence-corrected chi connectivity index (χ2v) is 8.60. The van der Waals surface area contributed by atoms with Crippen molar-refractivity contribution >= 4 is 27.1 Å². The molecule has 1 aromatic rings. The van der Waals surface area contributed by atoms with Gasteiger partial charge in [-0.15, -0.1) is 11.3 Å². The van der Waals surface area contributed by atoms with Gasteiger partial charge >= 0.3 is 0 Å². The number of sulfone groups is 1. The topological polar surface area (TPSA) is 85.0 Å². The first-order valence-electron chi connectivity index (χ1n) is 6.90. The molecule has 8 heteroatoms. The number of hydrogen-bond acceptors (Lipinski definition) is 5. The lowest BCUT2D eigenvalue weighted by atomic mass is 10.3. The molecule has 2 heterocycles. The lowest BCUT2D eigenvalue weighted by Crippen LogP contribution is -2.47. The fraction of sp³-hybridized carbons (Fsp3) is 0.615. The van der Waals surface area contributed by atoms with Gasteiger partial charge in [0.2, 0.25) is 0 Å². The Labute approximate surface area is 129 Å². The van der Waals surface area contributed by atoms with Crippen LogP contribution in [-0.4, -0.2) is 50.8 Å². The Morgan fingerprint density at radius 3 is 3.00 bits per heavy atom. The number of ether oxygens (including phenoxy) is 1. The van der Waals surface area contributed by atoms with E-state index in [9.17, 15) is 8.42 Å². The lowest BCUT2D eigenvalue weighted by molar-refractivity contribution is 0.00529. The van der Waals surface area contributed by atoms with E-state index < -0.39 is 9.84 Å². The highest BCUT2D eigenvalue weighted by atomic mass is 32.2. The summed E-state index contributed by atoms with van der Waals surface area (Å²) < 4.78 is 29.4. The Morgan fingerprint density at radius 1 is 1.57 bits per heavy atom. The molecule has 2 N–H and O–H groups in total. The highest BCUT2D eigenvalue weighted by molar-refractivity contribution is 7.93. The van der Waals surface area contributed by atoms with Crippen molar-refractivity contribution in [3.05, 3.63) is 17.0 Å². The third-order valence-corrected chi connectivity index (χ3v) is 6.67. The molecule has 1 unspecified atom stereocenters. The van der Waals surface area contributed by atoms with Crippen LogP contribution in [0.25, 0.3) is 0 Å². The number of aliphatic imine (C=N–C) groups is 1. The summed E-state index contributed by atoms with van der Waals surface area (Å²) in [5, 5.41) is 0. The van der Waals surface area contributed by atoms with E-state index in [1.165, 1.54) is 11.3 Å². The minimum Gasteiger partial charge on any atom is -0.375 e. The largest absolute Gasteiger partial charge is 0.375 e. The van der Waals surface area contributed by atoms with Crippen molar-refractivity contribution in [2.45, 2.75) is 30.7 Å². The second-order valence-electron chi connectivity index (χ2n) is 4.93. The van der Waals surface area contributed by atoms with Crippen LogP contribution in [0.15, 0.2) is 21.3 Å². The van der Waals surface area contributed by atoms with E-state index in [1.54, 1.807) is 19.1 Å². The van der Waals surface area contributed by atoms with Crippen LogP contribution in [0.4, 0.5) is 0 Å². The summed E-state index contributed by atoms with van der Waals surface area (Å²) in [6.45, 7) is 6.16. The zero-order valence-electron chi connectivity index (χ0n) is 12.3. The number of morpholine rings is 1. The average molecular weight is 331 g/mol. The summed E-state index contributed by atoms with van der Waals surface area (Å²) in [6, 6.07) is 3.44. The first-order chi connectivity index (χ1) is 9.92. The summed E-state index contributed by atoms with van der Waals surface area (Å²) >= 11 is 1.26. The normalized spacial score (nSPS) is 20.8. The van der Waals surface area contributed by atoms with Crippen LogP contribution in [0.3, 0.4) is 0 Å². The maximum Gasteiger partial charge on any atom is 0.191 e. The van der Waals surface area contributed by atoms with Crippen LogP contribution in [0.2, 0.25) is 0 Å². The molecule has 1 aliphatic rings. The number of nitrogens with zero attached hydrogens (tertiary/aromatic N) is 2. The van der Waals surface area contributed by atoms with E-state index in [0.717, 1.165) is 18.0 Å². The van der Waals surface area contributed by atoms with E-state index in [4.69, 9.17) is 10.5 Å². The molecule has 21 heavy (non-hydrogen) atoms. The molecule has 0 radical (unpaired) electrons. The molecule has 0 aliphatic carbocycles. The van der Waals surface area contributed by atoms with Crippen molar-refractivity contribution in [2.24, 2.45) is 10.7 Å². The molecular weight excluding hydrogens is 310 g/mol. The van der Waals surface area contributed by atoms with E-state index in [0.29, 0.717) is 23.3 Å². The van der Waals surface area contributed by atoms with Gasteiger partial charge in [-0.2, -0.15) is 0 Å². The molecule has 0 aromatic carbocycles. The van der Waals surface area contributed by atoms with Crippen molar-refractivity contribution in [1.29, 1.82) is 0 Å². The highest BCUT2D eigenvalue weighted by Crippen LogP contribution is 2.23. The molecule has 1 saturated heterocycles. The van der Waals surface area contributed by atoms with Crippen molar-refractivity contribution < 1.29 is 13.2 Å². The molecule has 0 amide bonds. The van der Waals surface area contributed by atoms with Crippen LogP contribution in [0.1, 0.15) is 18.7 Å². The quantitative estimate of drug-likeness (QED) is 0.659. The minimum atomic E-state index is -3.13. The van der Waals surface area contributed by atoms with Gasteiger partial charge in [-0.3, -0.25) is 0 Å². The highest BCUT2D eigenvalue weighted by Gasteiger charge is 2.18. The lowest BCUT2D eigenvalue weighted by Gasteiger charge is -2.31. The van der Waals surface area contributed by atoms with Gasteiger partial charge in [0.05, 0.1) is 25.0 Å². The van der Waals surface area contributed by atoms with E-state index in [2.05, 4.69) is 4.99 Å². The van der Waals surface area contributed by atoms with Gasteiger partial charge in [-0.1, -0.05) is 6.92 Å². The van der Waals surface area contributed by atoms with E-state index in [-0.39, 0.29) is 11.9 Å². The predicted octanol–water partition coefficient (Wildman–Crippen LogP) is 1.08. The van der Waals surface area contributed by atoms with Crippen molar-refractivity contribution in [2.75, 3.05) is 25.4 Å². The molecule has 1 aromatic heterocycles. The molecule has 1 fully saturated rings. The summed E-state index contributed by atoms with van der Waals surface area (Å²) in [4.78, 5) is 7.24. The minimum absolute atomic E-state index is 0.115. The smallest absolute Gasteiger partial charge is 0.191 e. The number of hydrogen-bond donors (Lipinski definition) is 1. The fourth-order valence-corrected chi connectivity index (χ4v) is 4.44. The molecule has 0 spiro atoms. The molecular formula is C13H21N3O3S2. The Balaban J connectivity index is 2.00. The van der Waals surface area contributed by atoms with E-state index in [1.807, 2.05) is 11.8 Å². The SMILES string of the molecule is CCS(=O)(=O)c1ccc(CN=C(N)N2CCOC(C)C2)s1. The van der Waals surface area contributed by atoms with Crippen LogP contribution < -0.4 is 5.73 Å². The second kappa shape index (κ2) is 6.76. The van der Waals surface area contributed by atoms with E-state index >= 15 is 0 Å². The summed E-state index contributed by atoms with van der Waals surface area (Å²) in [5.41, 5.74) is 5.98. The van der Waals surface area contributed by atoms with Gasteiger partial charge in [-0.25, -0.2) is 13.4 Å². The Bertz CT molecular complexity index is 610. The first kappa shape index (κ1) is 16.3. The third kappa shape index (κ3) is 4.18. The summed E-state index contributed by atoms with van der Waals surface area (Å²) in [7, 11) is -3.13. The molecule has 2 rings (SSSR count). The molecule has 6 nitrogen and oxygen atoms in total. The van der Waals surface area contributed by atoms with Gasteiger partial charge in [0.1, 0.15) is 4.21 Å². The summed E-state index contributed by atoms with van der Waals surface area (Å²) in [5.74, 6) is 0.600. The average Bonchev–Trinajstić information content (AvgIpc) is 2.94. The Kier molecular flexibility index (Phi) is 5.23. The predicted molar refractivity (Wildman–Crippen MR) is 84.4 cm³/mol. The van der Waals surface area contributed by atoms with Crippen molar-refractivity contribution in [3.8, 4) is 0 Å². The molecule has 0 saturated carbocycles. The van der Waals surface area contributed by atoms with Gasteiger partial charge in [0.25, 0.3) is 0 Å². The maximum absolute atomic E-state index is 11.8. The maximum atomic E-state index is 11.8. The Hall–Kier alpha value is -1.12. The molecule has 0 bridgehead atoms.